The van der Waals surface area contributed by atoms with E-state index in [1.165, 1.54) is 0 Å². The van der Waals surface area contributed by atoms with Gasteiger partial charge in [-0.3, -0.25) is 0 Å². The summed E-state index contributed by atoms with van der Waals surface area (Å²) in [6, 6.07) is 0. The zero-order valence-corrected chi connectivity index (χ0v) is 7.37. The first-order valence-electron chi connectivity index (χ1n) is 3.30. The Hall–Kier alpha value is -0.130. The maximum Gasteiger partial charge on any atom is 0.0572 e. The van der Waals surface area contributed by atoms with Crippen molar-refractivity contribution >= 4 is 11.8 Å². The van der Waals surface area contributed by atoms with E-state index in [-0.39, 0.29) is 11.4 Å². The van der Waals surface area contributed by atoms with E-state index >= 15 is 0 Å². The fourth-order valence-electron chi connectivity index (χ4n) is 0.432. The second kappa shape index (κ2) is 4.65. The summed E-state index contributed by atoms with van der Waals surface area (Å²) < 4.78 is -0.0309. The molecule has 10 heavy (non-hydrogen) atoms. The van der Waals surface area contributed by atoms with Crippen LogP contribution < -0.4 is 0 Å². The normalized spacial score (nSPS) is 11.0. The number of rotatable bonds is 4. The summed E-state index contributed by atoms with van der Waals surface area (Å²) in [5, 5.41) is 8.82. The van der Waals surface area contributed by atoms with Gasteiger partial charge >= 0.3 is 0 Å². The maximum absolute atomic E-state index is 8.82. The third-order valence-electron chi connectivity index (χ3n) is 1.12. The zero-order valence-electron chi connectivity index (χ0n) is 6.55. The molecule has 2 heteroatoms. The van der Waals surface area contributed by atoms with Gasteiger partial charge in [-0.2, -0.15) is 11.8 Å². The fourth-order valence-corrected chi connectivity index (χ4v) is 1.30. The van der Waals surface area contributed by atoms with E-state index < -0.39 is 0 Å². The first-order chi connectivity index (χ1) is 4.62. The molecule has 0 heterocycles. The van der Waals surface area contributed by atoms with Crippen LogP contribution in [-0.2, 0) is 0 Å². The second-order valence-electron chi connectivity index (χ2n) is 2.72. The lowest BCUT2D eigenvalue weighted by Crippen LogP contribution is -2.20. The van der Waals surface area contributed by atoms with E-state index in [9.17, 15) is 0 Å². The molecule has 0 atom stereocenters. The van der Waals surface area contributed by atoms with Crippen LogP contribution in [0.4, 0.5) is 0 Å². The van der Waals surface area contributed by atoms with Crippen LogP contribution in [0, 0.1) is 12.3 Å². The van der Waals surface area contributed by atoms with Gasteiger partial charge < -0.3 is 5.11 Å². The van der Waals surface area contributed by atoms with Crippen LogP contribution in [0.3, 0.4) is 0 Å². The Kier molecular flexibility index (Phi) is 4.59. The maximum atomic E-state index is 8.82. The molecule has 0 fully saturated rings. The number of aliphatic hydroxyl groups excluding tert-OH is 1. The topological polar surface area (TPSA) is 20.2 Å². The summed E-state index contributed by atoms with van der Waals surface area (Å²) in [7, 11) is 0. The molecule has 1 nitrogen and oxygen atoms in total. The fraction of sp³-hybridized carbons (Fsp3) is 0.750. The van der Waals surface area contributed by atoms with Crippen LogP contribution in [0.2, 0.25) is 0 Å². The van der Waals surface area contributed by atoms with Crippen molar-refractivity contribution < 1.29 is 5.11 Å². The average Bonchev–Trinajstić information content (AvgIpc) is 1.89. The molecule has 0 aromatic rings. The van der Waals surface area contributed by atoms with Crippen LogP contribution in [-0.4, -0.2) is 22.2 Å². The van der Waals surface area contributed by atoms with Crippen LogP contribution in [0.1, 0.15) is 20.3 Å². The quantitative estimate of drug-likeness (QED) is 0.494. The van der Waals surface area contributed by atoms with Gasteiger partial charge in [0, 0.05) is 16.9 Å². The molecule has 0 spiro atoms. The third kappa shape index (κ3) is 4.72. The Morgan fingerprint density at radius 1 is 1.60 bits per heavy atom. The highest BCUT2D eigenvalue weighted by Gasteiger charge is 2.15. The van der Waals surface area contributed by atoms with Crippen molar-refractivity contribution in [3.8, 4) is 12.3 Å². The molecular formula is C8H14OS. The minimum atomic E-state index is -0.0309. The Bertz CT molecular complexity index is 124. The molecule has 0 aromatic heterocycles. The molecular weight excluding hydrogens is 144 g/mol. The second-order valence-corrected chi connectivity index (χ2v) is 4.52. The highest BCUT2D eigenvalue weighted by Crippen LogP contribution is 2.23. The molecule has 0 radical (unpaired) electrons. The lowest BCUT2D eigenvalue weighted by Gasteiger charge is -2.19. The third-order valence-corrected chi connectivity index (χ3v) is 2.44. The average molecular weight is 158 g/mol. The number of aliphatic hydroxyl groups is 1. The van der Waals surface area contributed by atoms with Gasteiger partial charge in [-0.1, -0.05) is 0 Å². The monoisotopic (exact) mass is 158 g/mol. The molecule has 0 saturated heterocycles. The molecule has 0 aliphatic heterocycles. The molecule has 0 bridgehead atoms. The Morgan fingerprint density at radius 3 is 2.60 bits per heavy atom. The van der Waals surface area contributed by atoms with Gasteiger partial charge in [0.2, 0.25) is 0 Å². The Balaban J connectivity index is 3.39. The van der Waals surface area contributed by atoms with Crippen LogP contribution >= 0.6 is 11.8 Å². The van der Waals surface area contributed by atoms with Gasteiger partial charge in [-0.15, -0.1) is 12.3 Å². The predicted octanol–water partition coefficient (Wildman–Crippen LogP) is 1.51. The van der Waals surface area contributed by atoms with Gasteiger partial charge in [0.1, 0.15) is 0 Å². The van der Waals surface area contributed by atoms with Crippen LogP contribution in [0.25, 0.3) is 0 Å². The first-order valence-corrected chi connectivity index (χ1v) is 4.29. The van der Waals surface area contributed by atoms with Gasteiger partial charge in [0.25, 0.3) is 0 Å². The van der Waals surface area contributed by atoms with E-state index in [0.29, 0.717) is 0 Å². The summed E-state index contributed by atoms with van der Waals surface area (Å²) >= 11 is 1.71. The Morgan fingerprint density at radius 2 is 2.20 bits per heavy atom. The SMILES string of the molecule is C#CCCSC(C)(C)CO. The van der Waals surface area contributed by atoms with E-state index in [1.54, 1.807) is 11.8 Å². The van der Waals surface area contributed by atoms with E-state index in [2.05, 4.69) is 5.92 Å². The zero-order chi connectivity index (χ0) is 8.04. The van der Waals surface area contributed by atoms with Crippen molar-refractivity contribution in [1.82, 2.24) is 0 Å². The van der Waals surface area contributed by atoms with Crippen molar-refractivity contribution in [2.45, 2.75) is 25.0 Å². The lowest BCUT2D eigenvalue weighted by atomic mass is 10.2. The van der Waals surface area contributed by atoms with Crippen molar-refractivity contribution in [2.24, 2.45) is 0 Å². The number of thioether (sulfide) groups is 1. The predicted molar refractivity (Wildman–Crippen MR) is 47.1 cm³/mol. The van der Waals surface area contributed by atoms with Crippen molar-refractivity contribution in [2.75, 3.05) is 12.4 Å². The summed E-state index contributed by atoms with van der Waals surface area (Å²) in [6.45, 7) is 4.23. The molecule has 0 unspecified atom stereocenters. The number of terminal acetylenes is 1. The van der Waals surface area contributed by atoms with Crippen LogP contribution in [0.5, 0.6) is 0 Å². The minimum Gasteiger partial charge on any atom is -0.395 e. The van der Waals surface area contributed by atoms with Crippen molar-refractivity contribution in [1.29, 1.82) is 0 Å². The summed E-state index contributed by atoms with van der Waals surface area (Å²) in [6.07, 6.45) is 5.86. The number of hydrogen-bond donors (Lipinski definition) is 1. The highest BCUT2D eigenvalue weighted by molar-refractivity contribution is 8.00. The Labute approximate surface area is 67.2 Å². The molecule has 0 aliphatic carbocycles. The van der Waals surface area contributed by atoms with Gasteiger partial charge in [0.15, 0.2) is 0 Å². The standard InChI is InChI=1S/C8H14OS/c1-4-5-6-10-8(2,3)7-9/h1,9H,5-7H2,2-3H3. The molecule has 0 aliphatic rings. The van der Waals surface area contributed by atoms with Crippen molar-refractivity contribution in [3.63, 3.8) is 0 Å². The first kappa shape index (κ1) is 9.87. The number of hydrogen-bond acceptors (Lipinski definition) is 2. The highest BCUT2D eigenvalue weighted by atomic mass is 32.2. The largest absolute Gasteiger partial charge is 0.395 e. The summed E-state index contributed by atoms with van der Waals surface area (Å²) in [4.78, 5) is 0. The summed E-state index contributed by atoms with van der Waals surface area (Å²) in [5.41, 5.74) is 0. The van der Waals surface area contributed by atoms with Crippen LogP contribution in [0.15, 0.2) is 0 Å². The summed E-state index contributed by atoms with van der Waals surface area (Å²) in [5.74, 6) is 3.50. The molecule has 0 aromatic carbocycles. The smallest absolute Gasteiger partial charge is 0.0572 e. The molecule has 0 saturated carbocycles. The van der Waals surface area contributed by atoms with E-state index in [4.69, 9.17) is 11.5 Å². The molecule has 58 valence electrons. The lowest BCUT2D eigenvalue weighted by molar-refractivity contribution is 0.265. The van der Waals surface area contributed by atoms with E-state index in [0.717, 1.165) is 12.2 Å². The van der Waals surface area contributed by atoms with E-state index in [1.807, 2.05) is 13.8 Å². The molecule has 0 amide bonds. The van der Waals surface area contributed by atoms with Gasteiger partial charge in [-0.25, -0.2) is 0 Å². The minimum absolute atomic E-state index is 0.0309. The molecule has 0 rings (SSSR count). The van der Waals surface area contributed by atoms with Crippen molar-refractivity contribution in [3.05, 3.63) is 0 Å². The molecule has 1 N–H and O–H groups in total. The van der Waals surface area contributed by atoms with Gasteiger partial charge in [0.05, 0.1) is 6.61 Å². The van der Waals surface area contributed by atoms with Gasteiger partial charge in [-0.05, 0) is 13.8 Å².